The van der Waals surface area contributed by atoms with E-state index in [2.05, 4.69) is 46.3 Å². The molecule has 0 saturated carbocycles. The molecule has 2 aromatic heterocycles. The SMILES string of the molecule is CC(=O)N1CCN(c2ccc3nc(-c4cn[nH]c4)cc(C)c3c2)CC1. The second-order valence-corrected chi connectivity index (χ2v) is 6.51. The molecule has 25 heavy (non-hydrogen) atoms. The van der Waals surface area contributed by atoms with E-state index >= 15 is 0 Å². The molecule has 6 nitrogen and oxygen atoms in total. The van der Waals surface area contributed by atoms with Gasteiger partial charge >= 0.3 is 0 Å². The number of hydrogen-bond donors (Lipinski definition) is 1. The molecule has 6 heteroatoms. The number of pyridine rings is 1. The molecule has 1 aliphatic rings. The lowest BCUT2D eigenvalue weighted by atomic mass is 10.1. The first-order chi connectivity index (χ1) is 12.1. The average Bonchev–Trinajstić information content (AvgIpc) is 3.16. The molecule has 0 radical (unpaired) electrons. The van der Waals surface area contributed by atoms with Crippen molar-refractivity contribution in [2.45, 2.75) is 13.8 Å². The molecular weight excluding hydrogens is 314 g/mol. The highest BCUT2D eigenvalue weighted by Crippen LogP contribution is 2.28. The number of carbonyl (C=O) groups excluding carboxylic acids is 1. The van der Waals surface area contributed by atoms with Gasteiger partial charge in [0.25, 0.3) is 0 Å². The first-order valence-electron chi connectivity index (χ1n) is 8.53. The molecule has 0 aliphatic carbocycles. The summed E-state index contributed by atoms with van der Waals surface area (Å²) in [5.74, 6) is 0.157. The first-order valence-corrected chi connectivity index (χ1v) is 8.53. The Balaban J connectivity index is 1.64. The van der Waals surface area contributed by atoms with Crippen molar-refractivity contribution in [3.8, 4) is 11.3 Å². The maximum absolute atomic E-state index is 11.5. The largest absolute Gasteiger partial charge is 0.368 e. The van der Waals surface area contributed by atoms with E-state index in [0.717, 1.165) is 43.0 Å². The number of piperazine rings is 1. The van der Waals surface area contributed by atoms with E-state index in [4.69, 9.17) is 4.98 Å². The molecule has 0 atom stereocenters. The zero-order valence-corrected chi connectivity index (χ0v) is 14.5. The van der Waals surface area contributed by atoms with Crippen molar-refractivity contribution in [2.24, 2.45) is 0 Å². The molecule has 3 aromatic rings. The number of rotatable bonds is 2. The van der Waals surface area contributed by atoms with Crippen molar-refractivity contribution < 1.29 is 4.79 Å². The van der Waals surface area contributed by atoms with Crippen LogP contribution in [0.3, 0.4) is 0 Å². The molecule has 1 fully saturated rings. The molecule has 0 bridgehead atoms. The second kappa shape index (κ2) is 6.20. The third kappa shape index (κ3) is 2.95. The molecule has 3 heterocycles. The van der Waals surface area contributed by atoms with Crippen molar-refractivity contribution in [3.63, 3.8) is 0 Å². The Morgan fingerprint density at radius 3 is 2.64 bits per heavy atom. The van der Waals surface area contributed by atoms with Crippen LogP contribution in [-0.4, -0.2) is 52.2 Å². The van der Waals surface area contributed by atoms with Gasteiger partial charge in [0.2, 0.25) is 5.91 Å². The van der Waals surface area contributed by atoms with Crippen LogP contribution in [0.15, 0.2) is 36.7 Å². The van der Waals surface area contributed by atoms with Crippen LogP contribution in [0, 0.1) is 6.92 Å². The second-order valence-electron chi connectivity index (χ2n) is 6.51. The van der Waals surface area contributed by atoms with Crippen LogP contribution in [0.25, 0.3) is 22.2 Å². The molecular formula is C19H21N5O. The fourth-order valence-electron chi connectivity index (χ4n) is 3.40. The van der Waals surface area contributed by atoms with Gasteiger partial charge in [0.1, 0.15) is 0 Å². The Hall–Kier alpha value is -2.89. The van der Waals surface area contributed by atoms with E-state index in [0.29, 0.717) is 0 Å². The number of aromatic amines is 1. The van der Waals surface area contributed by atoms with E-state index in [-0.39, 0.29) is 5.91 Å². The van der Waals surface area contributed by atoms with Crippen LogP contribution in [0.1, 0.15) is 12.5 Å². The summed E-state index contributed by atoms with van der Waals surface area (Å²) in [7, 11) is 0. The Labute approximate surface area is 146 Å². The number of fused-ring (bicyclic) bond motifs is 1. The van der Waals surface area contributed by atoms with Crippen LogP contribution in [0.2, 0.25) is 0 Å². The summed E-state index contributed by atoms with van der Waals surface area (Å²) < 4.78 is 0. The van der Waals surface area contributed by atoms with Crippen molar-refractivity contribution >= 4 is 22.5 Å². The number of benzene rings is 1. The van der Waals surface area contributed by atoms with Crippen molar-refractivity contribution in [1.82, 2.24) is 20.1 Å². The molecule has 4 rings (SSSR count). The lowest BCUT2D eigenvalue weighted by molar-refractivity contribution is -0.129. The maximum atomic E-state index is 11.5. The quantitative estimate of drug-likeness (QED) is 0.782. The fourth-order valence-corrected chi connectivity index (χ4v) is 3.40. The van der Waals surface area contributed by atoms with Gasteiger partial charge in [-0.05, 0) is 36.8 Å². The Morgan fingerprint density at radius 1 is 1.16 bits per heavy atom. The number of nitrogens with one attached hydrogen (secondary N) is 1. The van der Waals surface area contributed by atoms with Gasteiger partial charge in [-0.25, -0.2) is 4.98 Å². The predicted octanol–water partition coefficient (Wildman–Crippen LogP) is 2.60. The Morgan fingerprint density at radius 2 is 1.96 bits per heavy atom. The summed E-state index contributed by atoms with van der Waals surface area (Å²) in [4.78, 5) is 20.5. The number of amides is 1. The summed E-state index contributed by atoms with van der Waals surface area (Å²) in [6, 6.07) is 8.51. The number of carbonyl (C=O) groups is 1. The molecule has 1 amide bonds. The highest BCUT2D eigenvalue weighted by molar-refractivity contribution is 5.88. The van der Waals surface area contributed by atoms with E-state index in [1.165, 1.54) is 16.6 Å². The zero-order chi connectivity index (χ0) is 17.4. The molecule has 1 saturated heterocycles. The van der Waals surface area contributed by atoms with Crippen LogP contribution in [-0.2, 0) is 4.79 Å². The molecule has 128 valence electrons. The Kier molecular flexibility index (Phi) is 3.87. The normalized spacial score (nSPS) is 15.0. The van der Waals surface area contributed by atoms with Gasteiger partial charge in [-0.15, -0.1) is 0 Å². The molecule has 1 N–H and O–H groups in total. The zero-order valence-electron chi connectivity index (χ0n) is 14.5. The van der Waals surface area contributed by atoms with Gasteiger partial charge in [0, 0.05) is 55.9 Å². The number of anilines is 1. The van der Waals surface area contributed by atoms with Gasteiger partial charge in [0.15, 0.2) is 0 Å². The van der Waals surface area contributed by atoms with Crippen molar-refractivity contribution in [3.05, 3.63) is 42.2 Å². The predicted molar refractivity (Wildman–Crippen MR) is 98.5 cm³/mol. The van der Waals surface area contributed by atoms with Crippen LogP contribution >= 0.6 is 0 Å². The lowest BCUT2D eigenvalue weighted by Crippen LogP contribution is -2.48. The van der Waals surface area contributed by atoms with Crippen molar-refractivity contribution in [1.29, 1.82) is 0 Å². The summed E-state index contributed by atoms with van der Waals surface area (Å²) in [5, 5.41) is 8.00. The standard InChI is InChI=1S/C19H21N5O/c1-13-9-19(15-11-20-21-12-15)22-18-4-3-16(10-17(13)18)24-7-5-23(6-8-24)14(2)25/h3-4,9-12H,5-8H2,1-2H3,(H,20,21). The number of aromatic nitrogens is 3. The van der Waals surface area contributed by atoms with Crippen LogP contribution < -0.4 is 4.90 Å². The third-order valence-electron chi connectivity index (χ3n) is 4.88. The van der Waals surface area contributed by atoms with Crippen molar-refractivity contribution in [2.75, 3.05) is 31.1 Å². The highest BCUT2D eigenvalue weighted by Gasteiger charge is 2.19. The first kappa shape index (κ1) is 15.6. The van der Waals surface area contributed by atoms with Gasteiger partial charge in [-0.3, -0.25) is 9.89 Å². The van der Waals surface area contributed by atoms with Gasteiger partial charge in [-0.1, -0.05) is 0 Å². The molecule has 1 aliphatic heterocycles. The maximum Gasteiger partial charge on any atom is 0.219 e. The average molecular weight is 335 g/mol. The fraction of sp³-hybridized carbons (Fsp3) is 0.316. The third-order valence-corrected chi connectivity index (χ3v) is 4.88. The van der Waals surface area contributed by atoms with Crippen LogP contribution in [0.4, 0.5) is 5.69 Å². The number of nitrogens with zero attached hydrogens (tertiary/aromatic N) is 4. The van der Waals surface area contributed by atoms with E-state index in [1.54, 1.807) is 13.1 Å². The molecule has 1 aromatic carbocycles. The number of H-pyrrole nitrogens is 1. The lowest BCUT2D eigenvalue weighted by Gasteiger charge is -2.35. The Bertz CT molecular complexity index is 911. The van der Waals surface area contributed by atoms with Gasteiger partial charge < -0.3 is 9.80 Å². The minimum Gasteiger partial charge on any atom is -0.368 e. The summed E-state index contributed by atoms with van der Waals surface area (Å²) in [6.07, 6.45) is 3.65. The van der Waals surface area contributed by atoms with E-state index < -0.39 is 0 Å². The van der Waals surface area contributed by atoms with Gasteiger partial charge in [0.05, 0.1) is 17.4 Å². The monoisotopic (exact) mass is 335 g/mol. The number of aryl methyl sites for hydroxylation is 1. The molecule has 0 spiro atoms. The summed E-state index contributed by atoms with van der Waals surface area (Å²) in [5.41, 5.74) is 5.31. The van der Waals surface area contributed by atoms with Gasteiger partial charge in [-0.2, -0.15) is 5.10 Å². The van der Waals surface area contributed by atoms with Crippen LogP contribution in [0.5, 0.6) is 0 Å². The summed E-state index contributed by atoms with van der Waals surface area (Å²) >= 11 is 0. The smallest absolute Gasteiger partial charge is 0.219 e. The minimum absolute atomic E-state index is 0.157. The van der Waals surface area contributed by atoms with E-state index in [9.17, 15) is 4.79 Å². The molecule has 0 unspecified atom stereocenters. The highest BCUT2D eigenvalue weighted by atomic mass is 16.2. The topological polar surface area (TPSA) is 65.1 Å². The minimum atomic E-state index is 0.157. The van der Waals surface area contributed by atoms with E-state index in [1.807, 2.05) is 11.1 Å². The number of hydrogen-bond acceptors (Lipinski definition) is 4. The summed E-state index contributed by atoms with van der Waals surface area (Å²) in [6.45, 7) is 7.05.